The first-order chi connectivity index (χ1) is 9.63. The van der Waals surface area contributed by atoms with Gasteiger partial charge in [0.25, 0.3) is 0 Å². The van der Waals surface area contributed by atoms with E-state index in [0.717, 1.165) is 23.7 Å². The zero-order valence-electron chi connectivity index (χ0n) is 11.8. The van der Waals surface area contributed by atoms with Gasteiger partial charge in [-0.3, -0.25) is 0 Å². The Balaban J connectivity index is 2.02. The quantitative estimate of drug-likeness (QED) is 0.799. The van der Waals surface area contributed by atoms with E-state index in [2.05, 4.69) is 52.3 Å². The maximum absolute atomic E-state index is 5.97. The summed E-state index contributed by atoms with van der Waals surface area (Å²) in [5.41, 5.74) is 9.70. The zero-order chi connectivity index (χ0) is 14.1. The van der Waals surface area contributed by atoms with E-state index in [1.807, 2.05) is 6.92 Å². The summed E-state index contributed by atoms with van der Waals surface area (Å²) in [7, 11) is 0. The van der Waals surface area contributed by atoms with Gasteiger partial charge in [-0.05, 0) is 37.3 Å². The summed E-state index contributed by atoms with van der Waals surface area (Å²) < 4.78 is 2.28. The van der Waals surface area contributed by atoms with Crippen LogP contribution in [-0.2, 0) is 13.0 Å². The van der Waals surface area contributed by atoms with Crippen molar-refractivity contribution in [3.8, 4) is 0 Å². The van der Waals surface area contributed by atoms with Crippen molar-refractivity contribution in [2.24, 2.45) is 5.73 Å². The molecule has 3 rings (SSSR count). The molecule has 3 aromatic rings. The van der Waals surface area contributed by atoms with Crippen molar-refractivity contribution < 1.29 is 0 Å². The van der Waals surface area contributed by atoms with E-state index in [1.165, 1.54) is 16.5 Å². The van der Waals surface area contributed by atoms with Crippen molar-refractivity contribution in [1.82, 2.24) is 9.55 Å². The molecule has 0 fully saturated rings. The van der Waals surface area contributed by atoms with E-state index in [-0.39, 0.29) is 6.04 Å². The summed E-state index contributed by atoms with van der Waals surface area (Å²) in [6, 6.07) is 8.78. The molecule has 1 atom stereocenters. The third-order valence-electron chi connectivity index (χ3n) is 3.41. The number of fused-ring (bicyclic) bond motifs is 1. The second kappa shape index (κ2) is 5.38. The molecule has 1 unspecified atom stereocenters. The SMILES string of the molecule is Cc1nc(Cn2ccc3cccc(CC(C)N)c32)cs1. The number of hydrogen-bond acceptors (Lipinski definition) is 3. The molecule has 4 heteroatoms. The maximum atomic E-state index is 5.97. The fraction of sp³-hybridized carbons (Fsp3) is 0.312. The summed E-state index contributed by atoms with van der Waals surface area (Å²) in [5, 5.41) is 4.53. The first kappa shape index (κ1) is 13.3. The van der Waals surface area contributed by atoms with E-state index in [1.54, 1.807) is 11.3 Å². The third kappa shape index (κ3) is 2.62. The molecule has 20 heavy (non-hydrogen) atoms. The predicted octanol–water partition coefficient (Wildman–Crippen LogP) is 3.34. The first-order valence-corrected chi connectivity index (χ1v) is 7.75. The summed E-state index contributed by atoms with van der Waals surface area (Å²) in [6.45, 7) is 4.92. The second-order valence-electron chi connectivity index (χ2n) is 5.34. The Labute approximate surface area is 123 Å². The van der Waals surface area contributed by atoms with Gasteiger partial charge in [-0.2, -0.15) is 0 Å². The van der Waals surface area contributed by atoms with Gasteiger partial charge in [0.05, 0.1) is 22.8 Å². The maximum Gasteiger partial charge on any atom is 0.0898 e. The molecular weight excluding hydrogens is 266 g/mol. The number of rotatable bonds is 4. The highest BCUT2D eigenvalue weighted by Crippen LogP contribution is 2.23. The largest absolute Gasteiger partial charge is 0.341 e. The average molecular weight is 285 g/mol. The molecule has 0 spiro atoms. The van der Waals surface area contributed by atoms with Crippen LogP contribution in [0.3, 0.4) is 0 Å². The first-order valence-electron chi connectivity index (χ1n) is 6.87. The lowest BCUT2D eigenvalue weighted by Crippen LogP contribution is -2.18. The standard InChI is InChI=1S/C16H19N3S/c1-11(17)8-14-5-3-4-13-6-7-19(16(13)14)9-15-10-20-12(2)18-15/h3-7,10-11H,8-9,17H2,1-2H3. The topological polar surface area (TPSA) is 43.8 Å². The van der Waals surface area contributed by atoms with Crippen molar-refractivity contribution >= 4 is 22.2 Å². The molecule has 104 valence electrons. The van der Waals surface area contributed by atoms with Crippen LogP contribution < -0.4 is 5.73 Å². The minimum atomic E-state index is 0.172. The van der Waals surface area contributed by atoms with E-state index in [9.17, 15) is 0 Å². The van der Waals surface area contributed by atoms with Crippen LogP contribution in [0.2, 0.25) is 0 Å². The van der Waals surface area contributed by atoms with Crippen LogP contribution in [0.1, 0.15) is 23.2 Å². The highest BCUT2D eigenvalue weighted by molar-refractivity contribution is 7.09. The normalized spacial score (nSPS) is 12.9. The number of aryl methyl sites for hydroxylation is 1. The van der Waals surface area contributed by atoms with E-state index in [4.69, 9.17) is 5.73 Å². The highest BCUT2D eigenvalue weighted by atomic mass is 32.1. The van der Waals surface area contributed by atoms with Gasteiger partial charge in [-0.1, -0.05) is 18.2 Å². The Kier molecular flexibility index (Phi) is 3.59. The highest BCUT2D eigenvalue weighted by Gasteiger charge is 2.09. The summed E-state index contributed by atoms with van der Waals surface area (Å²) in [4.78, 5) is 4.56. The lowest BCUT2D eigenvalue weighted by atomic mass is 10.0. The summed E-state index contributed by atoms with van der Waals surface area (Å²) in [6.07, 6.45) is 3.04. The fourth-order valence-corrected chi connectivity index (χ4v) is 3.24. The zero-order valence-corrected chi connectivity index (χ0v) is 12.7. The van der Waals surface area contributed by atoms with Crippen LogP contribution in [0, 0.1) is 6.92 Å². The number of benzene rings is 1. The third-order valence-corrected chi connectivity index (χ3v) is 4.24. The van der Waals surface area contributed by atoms with Gasteiger partial charge < -0.3 is 10.3 Å². The van der Waals surface area contributed by atoms with Gasteiger partial charge >= 0.3 is 0 Å². The Morgan fingerprint density at radius 1 is 1.35 bits per heavy atom. The van der Waals surface area contributed by atoms with Crippen LogP contribution >= 0.6 is 11.3 Å². The smallest absolute Gasteiger partial charge is 0.0898 e. The van der Waals surface area contributed by atoms with Crippen molar-refractivity contribution in [3.05, 3.63) is 52.1 Å². The van der Waals surface area contributed by atoms with Crippen molar-refractivity contribution in [2.75, 3.05) is 0 Å². The molecule has 0 aliphatic heterocycles. The minimum Gasteiger partial charge on any atom is -0.341 e. The van der Waals surface area contributed by atoms with Gasteiger partial charge in [-0.25, -0.2) is 4.98 Å². The van der Waals surface area contributed by atoms with Crippen molar-refractivity contribution in [2.45, 2.75) is 32.9 Å². The monoisotopic (exact) mass is 285 g/mol. The number of hydrogen-bond donors (Lipinski definition) is 1. The number of nitrogens with two attached hydrogens (primary N) is 1. The Morgan fingerprint density at radius 2 is 2.20 bits per heavy atom. The summed E-state index contributed by atoms with van der Waals surface area (Å²) in [5.74, 6) is 0. The molecule has 0 aliphatic carbocycles. The fourth-order valence-electron chi connectivity index (χ4n) is 2.64. The predicted molar refractivity (Wildman–Crippen MR) is 85.2 cm³/mol. The molecule has 2 heterocycles. The Bertz CT molecular complexity index is 724. The van der Waals surface area contributed by atoms with E-state index < -0.39 is 0 Å². The molecular formula is C16H19N3S. The molecule has 0 aliphatic rings. The number of nitrogens with zero attached hydrogens (tertiary/aromatic N) is 2. The Morgan fingerprint density at radius 3 is 2.90 bits per heavy atom. The molecule has 0 saturated heterocycles. The van der Waals surface area contributed by atoms with Crippen LogP contribution in [0.4, 0.5) is 0 Å². The van der Waals surface area contributed by atoms with Gasteiger partial charge in [0.15, 0.2) is 0 Å². The number of thiazole rings is 1. The van der Waals surface area contributed by atoms with Crippen molar-refractivity contribution in [1.29, 1.82) is 0 Å². The molecule has 2 N–H and O–H groups in total. The van der Waals surface area contributed by atoms with Gasteiger partial charge in [0, 0.05) is 17.6 Å². The van der Waals surface area contributed by atoms with Crippen LogP contribution in [0.25, 0.3) is 10.9 Å². The van der Waals surface area contributed by atoms with Gasteiger partial charge in [0.2, 0.25) is 0 Å². The van der Waals surface area contributed by atoms with Gasteiger partial charge in [-0.15, -0.1) is 11.3 Å². The summed E-state index contributed by atoms with van der Waals surface area (Å²) >= 11 is 1.70. The van der Waals surface area contributed by atoms with Crippen molar-refractivity contribution in [3.63, 3.8) is 0 Å². The van der Waals surface area contributed by atoms with Crippen LogP contribution in [-0.4, -0.2) is 15.6 Å². The van der Waals surface area contributed by atoms with Crippen LogP contribution in [0.5, 0.6) is 0 Å². The van der Waals surface area contributed by atoms with E-state index >= 15 is 0 Å². The molecule has 0 saturated carbocycles. The lowest BCUT2D eigenvalue weighted by molar-refractivity contribution is 0.733. The average Bonchev–Trinajstić information content (AvgIpc) is 2.97. The molecule has 0 radical (unpaired) electrons. The number of aromatic nitrogens is 2. The van der Waals surface area contributed by atoms with Crippen LogP contribution in [0.15, 0.2) is 35.8 Å². The molecule has 2 aromatic heterocycles. The van der Waals surface area contributed by atoms with Gasteiger partial charge in [0.1, 0.15) is 0 Å². The molecule has 3 nitrogen and oxygen atoms in total. The Hall–Kier alpha value is -1.65. The lowest BCUT2D eigenvalue weighted by Gasteiger charge is -2.11. The molecule has 1 aromatic carbocycles. The second-order valence-corrected chi connectivity index (χ2v) is 6.40. The molecule has 0 bridgehead atoms. The minimum absolute atomic E-state index is 0.172. The van der Waals surface area contributed by atoms with E-state index in [0.29, 0.717) is 0 Å². The number of para-hydroxylation sites is 1. The molecule has 0 amide bonds.